The fourth-order valence-corrected chi connectivity index (χ4v) is 1.72. The summed E-state index contributed by atoms with van der Waals surface area (Å²) in [5, 5.41) is 0. The van der Waals surface area contributed by atoms with Crippen molar-refractivity contribution in [3.8, 4) is 0 Å². The molecule has 0 amide bonds. The second-order valence-electron chi connectivity index (χ2n) is 4.97. The number of ketones is 1. The van der Waals surface area contributed by atoms with Crippen LogP contribution in [0.1, 0.15) is 20.3 Å². The number of Topliss-reactive ketones (excluding diaryl/α,β-unsaturated/α-hetero) is 1. The van der Waals surface area contributed by atoms with E-state index in [0.717, 1.165) is 12.7 Å². The molecule has 0 aliphatic heterocycles. The molecule has 0 rings (SSSR count). The van der Waals surface area contributed by atoms with Crippen molar-refractivity contribution in [2.45, 2.75) is 52.1 Å². The van der Waals surface area contributed by atoms with Gasteiger partial charge < -0.3 is 9.47 Å². The first-order valence-electron chi connectivity index (χ1n) is 5.59. The van der Waals surface area contributed by atoms with Crippen LogP contribution >= 0.6 is 0 Å². The normalized spacial score (nSPS) is 13.9. The molecule has 0 unspecified atom stereocenters. The Hall–Kier alpha value is -0.193. The lowest BCUT2D eigenvalue weighted by Gasteiger charge is -2.16. The Morgan fingerprint density at radius 3 is 2.40 bits per heavy atom. The van der Waals surface area contributed by atoms with Gasteiger partial charge in [0.1, 0.15) is 12.9 Å². The van der Waals surface area contributed by atoms with E-state index >= 15 is 0 Å². The van der Waals surface area contributed by atoms with E-state index < -0.39 is 8.07 Å². The molecule has 4 heteroatoms. The molecule has 15 heavy (non-hydrogen) atoms. The first kappa shape index (κ1) is 14.8. The van der Waals surface area contributed by atoms with Gasteiger partial charge in [-0.15, -0.1) is 0 Å². The first-order valence-corrected chi connectivity index (χ1v) is 9.29. The van der Waals surface area contributed by atoms with Crippen molar-refractivity contribution in [3.05, 3.63) is 0 Å². The Bertz CT molecular complexity index is 187. The predicted molar refractivity (Wildman–Crippen MR) is 64.8 cm³/mol. The van der Waals surface area contributed by atoms with Gasteiger partial charge in [-0.05, 0) is 13.0 Å². The number of hydrogen-bond acceptors (Lipinski definition) is 3. The molecule has 0 radical (unpaired) electrons. The molecule has 0 aliphatic carbocycles. The highest BCUT2D eigenvalue weighted by Crippen LogP contribution is 2.07. The summed E-state index contributed by atoms with van der Waals surface area (Å²) in [6.07, 6.45) is 0.192. The van der Waals surface area contributed by atoms with E-state index in [2.05, 4.69) is 19.6 Å². The van der Waals surface area contributed by atoms with Crippen molar-refractivity contribution in [2.24, 2.45) is 0 Å². The van der Waals surface area contributed by atoms with E-state index in [1.807, 2.05) is 6.92 Å². The summed E-state index contributed by atoms with van der Waals surface area (Å²) < 4.78 is 10.6. The summed E-state index contributed by atoms with van der Waals surface area (Å²) in [7, 11) is -1.01. The van der Waals surface area contributed by atoms with Gasteiger partial charge in [0.05, 0.1) is 0 Å². The molecule has 0 heterocycles. The fourth-order valence-electron chi connectivity index (χ4n) is 0.968. The first-order chi connectivity index (χ1) is 6.87. The van der Waals surface area contributed by atoms with Crippen molar-refractivity contribution < 1.29 is 14.3 Å². The Labute approximate surface area is 94.2 Å². The molecule has 0 N–H and O–H groups in total. The van der Waals surface area contributed by atoms with Crippen LogP contribution < -0.4 is 0 Å². The van der Waals surface area contributed by atoms with Crippen molar-refractivity contribution in [1.82, 2.24) is 0 Å². The maximum atomic E-state index is 11.2. The predicted octanol–water partition coefficient (Wildman–Crippen LogP) is 2.68. The topological polar surface area (TPSA) is 35.5 Å². The molecular weight excluding hydrogens is 208 g/mol. The zero-order valence-electron chi connectivity index (χ0n) is 10.6. The summed E-state index contributed by atoms with van der Waals surface area (Å²) in [4.78, 5) is 11.2. The van der Waals surface area contributed by atoms with Gasteiger partial charge in [-0.1, -0.05) is 26.6 Å². The largest absolute Gasteiger partial charge is 0.356 e. The monoisotopic (exact) mass is 232 g/mol. The molecule has 0 aliphatic rings. The van der Waals surface area contributed by atoms with Crippen LogP contribution in [-0.2, 0) is 14.3 Å². The molecule has 0 fully saturated rings. The second kappa shape index (κ2) is 7.14. The molecular formula is C11H24O3Si. The summed E-state index contributed by atoms with van der Waals surface area (Å²) in [6.45, 7) is 11.5. The molecule has 0 aromatic carbocycles. The highest BCUT2D eigenvalue weighted by atomic mass is 28.3. The minimum Gasteiger partial charge on any atom is -0.356 e. The number of ether oxygens (including phenoxy) is 2. The third kappa shape index (κ3) is 8.78. The van der Waals surface area contributed by atoms with E-state index in [9.17, 15) is 4.79 Å². The van der Waals surface area contributed by atoms with Crippen LogP contribution in [0.5, 0.6) is 0 Å². The van der Waals surface area contributed by atoms with Gasteiger partial charge in [-0.3, -0.25) is 4.79 Å². The molecule has 0 saturated carbocycles. The lowest BCUT2D eigenvalue weighted by molar-refractivity contribution is -0.139. The maximum absolute atomic E-state index is 11.2. The molecule has 1 atom stereocenters. The van der Waals surface area contributed by atoms with Crippen LogP contribution in [0.4, 0.5) is 0 Å². The van der Waals surface area contributed by atoms with Crippen molar-refractivity contribution in [3.63, 3.8) is 0 Å². The Morgan fingerprint density at radius 1 is 1.33 bits per heavy atom. The lowest BCUT2D eigenvalue weighted by Crippen LogP contribution is -2.24. The Kier molecular flexibility index (Phi) is 7.05. The van der Waals surface area contributed by atoms with Crippen LogP contribution in [0.15, 0.2) is 0 Å². The number of rotatable bonds is 8. The minimum absolute atomic E-state index is 0.129. The van der Waals surface area contributed by atoms with Crippen LogP contribution in [-0.4, -0.2) is 33.4 Å². The average molecular weight is 232 g/mol. The zero-order chi connectivity index (χ0) is 11.9. The molecule has 90 valence electrons. The SMILES string of the molecule is CCC(=O)[C@H](C)OCOCC[Si](C)(C)C. The van der Waals surface area contributed by atoms with E-state index in [4.69, 9.17) is 9.47 Å². The minimum atomic E-state index is -1.01. The van der Waals surface area contributed by atoms with E-state index in [-0.39, 0.29) is 18.7 Å². The van der Waals surface area contributed by atoms with Crippen LogP contribution in [0.3, 0.4) is 0 Å². The van der Waals surface area contributed by atoms with Gasteiger partial charge in [0.2, 0.25) is 0 Å². The molecule has 0 saturated heterocycles. The molecule has 0 aromatic rings. The van der Waals surface area contributed by atoms with Gasteiger partial charge >= 0.3 is 0 Å². The van der Waals surface area contributed by atoms with Crippen molar-refractivity contribution in [2.75, 3.05) is 13.4 Å². The van der Waals surface area contributed by atoms with E-state index in [1.165, 1.54) is 0 Å². The van der Waals surface area contributed by atoms with E-state index in [1.54, 1.807) is 6.92 Å². The van der Waals surface area contributed by atoms with Crippen molar-refractivity contribution >= 4 is 13.9 Å². The Morgan fingerprint density at radius 2 is 1.93 bits per heavy atom. The fraction of sp³-hybridized carbons (Fsp3) is 0.909. The lowest BCUT2D eigenvalue weighted by atomic mass is 10.2. The molecule has 0 aromatic heterocycles. The van der Waals surface area contributed by atoms with Gasteiger partial charge in [0.15, 0.2) is 5.78 Å². The van der Waals surface area contributed by atoms with E-state index in [0.29, 0.717) is 6.42 Å². The van der Waals surface area contributed by atoms with Gasteiger partial charge in [0.25, 0.3) is 0 Å². The third-order valence-electron chi connectivity index (χ3n) is 2.20. The summed E-state index contributed by atoms with van der Waals surface area (Å²) in [6, 6.07) is 1.13. The van der Waals surface area contributed by atoms with Gasteiger partial charge in [-0.25, -0.2) is 0 Å². The highest BCUT2D eigenvalue weighted by molar-refractivity contribution is 6.76. The maximum Gasteiger partial charge on any atom is 0.161 e. The van der Waals surface area contributed by atoms with Crippen molar-refractivity contribution in [1.29, 1.82) is 0 Å². The summed E-state index contributed by atoms with van der Waals surface area (Å²) >= 11 is 0. The molecule has 0 spiro atoms. The standard InChI is InChI=1S/C11H24O3Si/c1-6-11(12)10(2)14-9-13-7-8-15(3,4)5/h10H,6-9H2,1-5H3/t10-/m0/s1. The smallest absolute Gasteiger partial charge is 0.161 e. The van der Waals surface area contributed by atoms with Crippen LogP contribution in [0, 0.1) is 0 Å². The average Bonchev–Trinajstić information content (AvgIpc) is 2.14. The number of carbonyl (C=O) groups excluding carboxylic acids is 1. The second-order valence-corrected chi connectivity index (χ2v) is 10.6. The quantitative estimate of drug-likeness (QED) is 0.367. The summed E-state index contributed by atoms with van der Waals surface area (Å²) in [5.74, 6) is 0.129. The Balaban J connectivity index is 3.43. The zero-order valence-corrected chi connectivity index (χ0v) is 11.6. The van der Waals surface area contributed by atoms with Gasteiger partial charge in [-0.2, -0.15) is 0 Å². The summed E-state index contributed by atoms with van der Waals surface area (Å²) in [5.41, 5.74) is 0. The number of carbonyl (C=O) groups is 1. The van der Waals surface area contributed by atoms with Crippen LogP contribution in [0.2, 0.25) is 25.7 Å². The third-order valence-corrected chi connectivity index (χ3v) is 3.90. The highest BCUT2D eigenvalue weighted by Gasteiger charge is 2.13. The van der Waals surface area contributed by atoms with Crippen LogP contribution in [0.25, 0.3) is 0 Å². The molecule has 3 nitrogen and oxygen atoms in total. The molecule has 0 bridgehead atoms. The number of hydrogen-bond donors (Lipinski definition) is 0. The van der Waals surface area contributed by atoms with Gasteiger partial charge in [0, 0.05) is 21.1 Å².